The van der Waals surface area contributed by atoms with Gasteiger partial charge in [0.25, 0.3) is 5.17 Å². The number of thiocarbonyl (C=S) groups is 1. The summed E-state index contributed by atoms with van der Waals surface area (Å²) < 4.78 is 28.0. The van der Waals surface area contributed by atoms with E-state index in [9.17, 15) is 8.42 Å². The normalized spacial score (nSPS) is 16.3. The van der Waals surface area contributed by atoms with Gasteiger partial charge in [-0.25, -0.2) is 8.42 Å². The standard InChI is InChI=1S/C16H29NO3S2/c1-2-3-4-5-6-7-8-9-10-12-20-16(21)17-15-11-13-22(18,19)14-15/h11H,2-10,12-14H2,1H3,(H,17,21). The molecule has 0 aromatic carbocycles. The lowest BCUT2D eigenvalue weighted by Crippen LogP contribution is -2.25. The molecule has 0 spiro atoms. The predicted molar refractivity (Wildman–Crippen MR) is 95.6 cm³/mol. The Balaban J connectivity index is 1.91. The third-order valence-corrected chi connectivity index (χ3v) is 5.35. The Morgan fingerprint density at radius 3 is 2.27 bits per heavy atom. The third-order valence-electron chi connectivity index (χ3n) is 3.70. The first-order valence-corrected chi connectivity index (χ1v) is 10.6. The molecular formula is C16H29NO3S2. The summed E-state index contributed by atoms with van der Waals surface area (Å²) in [5.41, 5.74) is 0.636. The Labute approximate surface area is 140 Å². The van der Waals surface area contributed by atoms with E-state index in [4.69, 9.17) is 17.0 Å². The Kier molecular flexibility index (Phi) is 9.71. The molecule has 0 fully saturated rings. The molecule has 0 saturated heterocycles. The fourth-order valence-corrected chi connectivity index (χ4v) is 3.87. The minimum Gasteiger partial charge on any atom is -0.471 e. The van der Waals surface area contributed by atoms with Crippen LogP contribution in [0.4, 0.5) is 0 Å². The summed E-state index contributed by atoms with van der Waals surface area (Å²) in [5, 5.41) is 3.14. The van der Waals surface area contributed by atoms with Gasteiger partial charge in [-0.15, -0.1) is 0 Å². The van der Waals surface area contributed by atoms with Crippen LogP contribution in [0.15, 0.2) is 11.8 Å². The highest BCUT2D eigenvalue weighted by atomic mass is 32.2. The van der Waals surface area contributed by atoms with Gasteiger partial charge in [0, 0.05) is 5.70 Å². The van der Waals surface area contributed by atoms with E-state index in [1.807, 2.05) is 0 Å². The number of hydrogen-bond donors (Lipinski definition) is 1. The van der Waals surface area contributed by atoms with Crippen molar-refractivity contribution in [2.24, 2.45) is 0 Å². The Bertz CT molecular complexity index is 458. The smallest absolute Gasteiger partial charge is 0.260 e. The molecule has 128 valence electrons. The molecule has 1 N–H and O–H groups in total. The van der Waals surface area contributed by atoms with Gasteiger partial charge in [0.2, 0.25) is 0 Å². The van der Waals surface area contributed by atoms with Crippen LogP contribution in [0.25, 0.3) is 0 Å². The monoisotopic (exact) mass is 347 g/mol. The van der Waals surface area contributed by atoms with Gasteiger partial charge in [0.1, 0.15) is 0 Å². The second-order valence-electron chi connectivity index (χ2n) is 5.87. The van der Waals surface area contributed by atoms with Gasteiger partial charge >= 0.3 is 0 Å². The highest BCUT2D eigenvalue weighted by molar-refractivity contribution is 7.92. The summed E-state index contributed by atoms with van der Waals surface area (Å²) in [6, 6.07) is 0. The van der Waals surface area contributed by atoms with Crippen LogP contribution in [-0.2, 0) is 14.6 Å². The summed E-state index contributed by atoms with van der Waals surface area (Å²) in [7, 11) is -2.96. The zero-order valence-electron chi connectivity index (χ0n) is 13.6. The topological polar surface area (TPSA) is 55.4 Å². The molecule has 0 unspecified atom stereocenters. The van der Waals surface area contributed by atoms with E-state index in [1.165, 1.54) is 44.9 Å². The zero-order valence-corrected chi connectivity index (χ0v) is 15.2. The van der Waals surface area contributed by atoms with Crippen LogP contribution in [0.2, 0.25) is 0 Å². The van der Waals surface area contributed by atoms with Crippen molar-refractivity contribution in [3.8, 4) is 0 Å². The SMILES string of the molecule is CCCCCCCCCCCOC(=S)NC1=CCS(=O)(=O)C1. The van der Waals surface area contributed by atoms with Crippen molar-refractivity contribution in [3.05, 3.63) is 11.8 Å². The maximum absolute atomic E-state index is 11.3. The average Bonchev–Trinajstić information content (AvgIpc) is 2.80. The Morgan fingerprint density at radius 2 is 1.73 bits per heavy atom. The van der Waals surface area contributed by atoms with E-state index in [1.54, 1.807) is 6.08 Å². The number of unbranched alkanes of at least 4 members (excludes halogenated alkanes) is 8. The lowest BCUT2D eigenvalue weighted by molar-refractivity contribution is 0.289. The highest BCUT2D eigenvalue weighted by Gasteiger charge is 2.20. The molecule has 0 aliphatic carbocycles. The summed E-state index contributed by atoms with van der Waals surface area (Å²) >= 11 is 5.06. The predicted octanol–water partition coefficient (Wildman–Crippen LogP) is 3.72. The summed E-state index contributed by atoms with van der Waals surface area (Å²) in [5.74, 6) is 0.130. The first-order valence-electron chi connectivity index (χ1n) is 8.37. The molecule has 0 saturated carbocycles. The van der Waals surface area contributed by atoms with E-state index < -0.39 is 9.84 Å². The van der Waals surface area contributed by atoms with Gasteiger partial charge in [0.05, 0.1) is 18.1 Å². The van der Waals surface area contributed by atoms with Crippen molar-refractivity contribution in [1.82, 2.24) is 5.32 Å². The molecule has 0 atom stereocenters. The molecule has 22 heavy (non-hydrogen) atoms. The van der Waals surface area contributed by atoms with Crippen LogP contribution in [0.3, 0.4) is 0 Å². The molecule has 4 nitrogen and oxygen atoms in total. The fraction of sp³-hybridized carbons (Fsp3) is 0.812. The molecule has 1 heterocycles. The zero-order chi connectivity index (χ0) is 16.3. The summed E-state index contributed by atoms with van der Waals surface area (Å²) in [6.45, 7) is 2.84. The Morgan fingerprint density at radius 1 is 1.14 bits per heavy atom. The number of nitrogens with one attached hydrogen (secondary N) is 1. The minimum atomic E-state index is -2.96. The summed E-state index contributed by atoms with van der Waals surface area (Å²) in [4.78, 5) is 0. The fourth-order valence-electron chi connectivity index (χ4n) is 2.41. The van der Waals surface area contributed by atoms with E-state index >= 15 is 0 Å². The highest BCUT2D eigenvalue weighted by Crippen LogP contribution is 2.10. The van der Waals surface area contributed by atoms with Gasteiger partial charge in [-0.2, -0.15) is 0 Å². The largest absolute Gasteiger partial charge is 0.471 e. The lowest BCUT2D eigenvalue weighted by atomic mass is 10.1. The van der Waals surface area contributed by atoms with E-state index in [2.05, 4.69) is 12.2 Å². The van der Waals surface area contributed by atoms with Gasteiger partial charge in [-0.1, -0.05) is 58.3 Å². The van der Waals surface area contributed by atoms with Crippen LogP contribution in [0.1, 0.15) is 64.7 Å². The molecule has 1 rings (SSSR count). The van der Waals surface area contributed by atoms with Crippen LogP contribution in [0, 0.1) is 0 Å². The van der Waals surface area contributed by atoms with Crippen molar-refractivity contribution >= 4 is 27.2 Å². The first kappa shape index (κ1) is 19.4. The number of ether oxygens (including phenoxy) is 1. The summed E-state index contributed by atoms with van der Waals surface area (Å²) in [6.07, 6.45) is 13.1. The molecule has 1 aliphatic heterocycles. The Hall–Kier alpha value is -0.620. The van der Waals surface area contributed by atoms with Crippen LogP contribution < -0.4 is 5.32 Å². The van der Waals surface area contributed by atoms with Crippen LogP contribution >= 0.6 is 12.2 Å². The second kappa shape index (κ2) is 11.0. The van der Waals surface area contributed by atoms with Gasteiger partial charge < -0.3 is 10.1 Å². The number of sulfone groups is 1. The van der Waals surface area contributed by atoms with Crippen molar-refractivity contribution < 1.29 is 13.2 Å². The molecule has 0 aromatic rings. The molecule has 1 aliphatic rings. The molecule has 0 amide bonds. The minimum absolute atomic E-state index is 0.0362. The molecule has 0 radical (unpaired) electrons. The molecular weight excluding hydrogens is 318 g/mol. The second-order valence-corrected chi connectivity index (χ2v) is 8.35. The first-order chi connectivity index (χ1) is 10.5. The van der Waals surface area contributed by atoms with Gasteiger partial charge in [0.15, 0.2) is 9.84 Å². The maximum Gasteiger partial charge on any atom is 0.260 e. The van der Waals surface area contributed by atoms with Crippen molar-refractivity contribution in [3.63, 3.8) is 0 Å². The van der Waals surface area contributed by atoms with Crippen LogP contribution in [-0.4, -0.2) is 31.7 Å². The van der Waals surface area contributed by atoms with Crippen molar-refractivity contribution in [2.45, 2.75) is 64.7 Å². The van der Waals surface area contributed by atoms with Crippen molar-refractivity contribution in [2.75, 3.05) is 18.1 Å². The van der Waals surface area contributed by atoms with Crippen molar-refractivity contribution in [1.29, 1.82) is 0 Å². The lowest BCUT2D eigenvalue weighted by Gasteiger charge is -2.09. The third kappa shape index (κ3) is 9.41. The van der Waals surface area contributed by atoms with Gasteiger partial charge in [-0.05, 0) is 24.7 Å². The van der Waals surface area contributed by atoms with Crippen LogP contribution in [0.5, 0.6) is 0 Å². The van der Waals surface area contributed by atoms with E-state index in [0.29, 0.717) is 12.3 Å². The molecule has 0 aromatic heterocycles. The van der Waals surface area contributed by atoms with E-state index in [-0.39, 0.29) is 16.7 Å². The molecule has 0 bridgehead atoms. The van der Waals surface area contributed by atoms with E-state index in [0.717, 1.165) is 12.8 Å². The molecule has 6 heteroatoms. The number of hydrogen-bond acceptors (Lipinski definition) is 4. The van der Waals surface area contributed by atoms with Gasteiger partial charge in [-0.3, -0.25) is 0 Å². The average molecular weight is 348 g/mol. The quantitative estimate of drug-likeness (QED) is 0.456. The number of rotatable bonds is 11. The maximum atomic E-state index is 11.3.